The summed E-state index contributed by atoms with van der Waals surface area (Å²) in [6.07, 6.45) is 1.43. The number of fused-ring (bicyclic) bond motifs is 1. The molecule has 0 unspecified atom stereocenters. The summed E-state index contributed by atoms with van der Waals surface area (Å²) in [5.41, 5.74) is 3.56. The summed E-state index contributed by atoms with van der Waals surface area (Å²) in [4.78, 5) is 25.1. The number of halogens is 3. The first-order chi connectivity index (χ1) is 15.9. The fourth-order valence-corrected chi connectivity index (χ4v) is 3.74. The Morgan fingerprint density at radius 3 is 2.33 bits per heavy atom. The van der Waals surface area contributed by atoms with Crippen molar-refractivity contribution in [1.29, 1.82) is 0 Å². The molecule has 0 saturated carbocycles. The molecular formula is C25H15Cl3N2O3. The standard InChI is InChI=1S/C25H15Cl3N2O3/c26-17-8-5-16(6-9-17)24(31)30-29-14-21-19-4-2-1-3-15(19)7-12-23(21)33-25(32)20-11-10-18(27)13-22(20)28/h1-14H,(H,30,31). The SMILES string of the molecule is O=C(NN=Cc1c(OC(=O)c2ccc(Cl)cc2Cl)ccc2ccccc12)c1ccc(Cl)cc1. The second kappa shape index (κ2) is 10.0. The van der Waals surface area contributed by atoms with Crippen LogP contribution in [0.2, 0.25) is 15.1 Å². The zero-order valence-corrected chi connectivity index (χ0v) is 19.2. The van der Waals surface area contributed by atoms with E-state index in [1.54, 1.807) is 36.4 Å². The van der Waals surface area contributed by atoms with Crippen LogP contribution in [0.3, 0.4) is 0 Å². The molecule has 0 aliphatic carbocycles. The molecule has 0 aliphatic heterocycles. The molecule has 164 valence electrons. The normalized spacial score (nSPS) is 11.0. The van der Waals surface area contributed by atoms with E-state index in [2.05, 4.69) is 10.5 Å². The predicted octanol–water partition coefficient (Wildman–Crippen LogP) is 6.78. The van der Waals surface area contributed by atoms with Crippen molar-refractivity contribution in [3.63, 3.8) is 0 Å². The molecule has 0 saturated heterocycles. The van der Waals surface area contributed by atoms with Crippen molar-refractivity contribution >= 4 is 63.7 Å². The molecule has 5 nitrogen and oxygen atoms in total. The summed E-state index contributed by atoms with van der Waals surface area (Å²) >= 11 is 17.9. The van der Waals surface area contributed by atoms with E-state index < -0.39 is 11.9 Å². The zero-order chi connectivity index (χ0) is 23.4. The van der Waals surface area contributed by atoms with Gasteiger partial charge >= 0.3 is 5.97 Å². The van der Waals surface area contributed by atoms with Gasteiger partial charge in [0.15, 0.2) is 0 Å². The molecule has 1 amide bonds. The molecule has 0 aliphatic rings. The summed E-state index contributed by atoms with van der Waals surface area (Å²) in [7, 11) is 0. The van der Waals surface area contributed by atoms with Crippen molar-refractivity contribution in [3.05, 3.63) is 111 Å². The van der Waals surface area contributed by atoms with E-state index in [1.807, 2.05) is 30.3 Å². The van der Waals surface area contributed by atoms with Gasteiger partial charge in [-0.05, 0) is 59.3 Å². The van der Waals surface area contributed by atoms with Crippen molar-refractivity contribution in [3.8, 4) is 5.75 Å². The Balaban J connectivity index is 1.63. The van der Waals surface area contributed by atoms with Gasteiger partial charge in [-0.1, -0.05) is 65.1 Å². The van der Waals surface area contributed by atoms with Gasteiger partial charge < -0.3 is 4.74 Å². The Kier molecular flexibility index (Phi) is 6.94. The lowest BCUT2D eigenvalue weighted by molar-refractivity contribution is 0.0734. The number of nitrogens with one attached hydrogen (secondary N) is 1. The number of hydrazone groups is 1. The molecule has 33 heavy (non-hydrogen) atoms. The molecular weight excluding hydrogens is 483 g/mol. The van der Waals surface area contributed by atoms with E-state index >= 15 is 0 Å². The first kappa shape index (κ1) is 22.8. The highest BCUT2D eigenvalue weighted by molar-refractivity contribution is 6.36. The van der Waals surface area contributed by atoms with Gasteiger partial charge in [-0.2, -0.15) is 5.10 Å². The predicted molar refractivity (Wildman–Crippen MR) is 132 cm³/mol. The minimum Gasteiger partial charge on any atom is -0.422 e. The van der Waals surface area contributed by atoms with E-state index in [-0.39, 0.29) is 16.3 Å². The number of hydrogen-bond acceptors (Lipinski definition) is 4. The average molecular weight is 498 g/mol. The molecule has 0 atom stereocenters. The third-order valence-corrected chi connectivity index (χ3v) is 5.55. The molecule has 8 heteroatoms. The number of ether oxygens (including phenoxy) is 1. The van der Waals surface area contributed by atoms with Crippen LogP contribution >= 0.6 is 34.8 Å². The van der Waals surface area contributed by atoms with Crippen LogP contribution in [0.1, 0.15) is 26.3 Å². The van der Waals surface area contributed by atoms with Crippen molar-refractivity contribution < 1.29 is 14.3 Å². The maximum Gasteiger partial charge on any atom is 0.345 e. The molecule has 1 N–H and O–H groups in total. The van der Waals surface area contributed by atoms with Gasteiger partial charge in [0, 0.05) is 21.2 Å². The van der Waals surface area contributed by atoms with Gasteiger partial charge in [-0.25, -0.2) is 10.2 Å². The number of esters is 1. The second-order valence-electron chi connectivity index (χ2n) is 6.92. The third-order valence-electron chi connectivity index (χ3n) is 4.75. The van der Waals surface area contributed by atoms with Crippen molar-refractivity contribution in [2.75, 3.05) is 0 Å². The van der Waals surface area contributed by atoms with E-state index in [4.69, 9.17) is 39.5 Å². The average Bonchev–Trinajstić information content (AvgIpc) is 2.80. The Morgan fingerprint density at radius 2 is 1.58 bits per heavy atom. The first-order valence-corrected chi connectivity index (χ1v) is 10.8. The minimum absolute atomic E-state index is 0.174. The van der Waals surface area contributed by atoms with Gasteiger partial charge in [0.25, 0.3) is 5.91 Å². The van der Waals surface area contributed by atoms with Crippen LogP contribution in [0.25, 0.3) is 10.8 Å². The fourth-order valence-electron chi connectivity index (χ4n) is 3.13. The molecule has 0 aromatic heterocycles. The maximum absolute atomic E-state index is 12.8. The highest BCUT2D eigenvalue weighted by atomic mass is 35.5. The van der Waals surface area contributed by atoms with Crippen LogP contribution in [0.15, 0.2) is 84.0 Å². The van der Waals surface area contributed by atoms with Crippen molar-refractivity contribution in [2.45, 2.75) is 0 Å². The number of amides is 1. The molecule has 0 fully saturated rings. The number of carbonyl (C=O) groups is 2. The van der Waals surface area contributed by atoms with Gasteiger partial charge in [-0.15, -0.1) is 0 Å². The summed E-state index contributed by atoms with van der Waals surface area (Å²) < 4.78 is 5.63. The quantitative estimate of drug-likeness (QED) is 0.143. The minimum atomic E-state index is -0.646. The highest BCUT2D eigenvalue weighted by Crippen LogP contribution is 2.29. The molecule has 0 spiro atoms. The van der Waals surface area contributed by atoms with Crippen LogP contribution in [-0.2, 0) is 0 Å². The van der Waals surface area contributed by atoms with Crippen molar-refractivity contribution in [1.82, 2.24) is 5.43 Å². The van der Waals surface area contributed by atoms with Crippen LogP contribution in [0, 0.1) is 0 Å². The number of nitrogens with zero attached hydrogens (tertiary/aromatic N) is 1. The summed E-state index contributed by atoms with van der Waals surface area (Å²) in [6.45, 7) is 0. The second-order valence-corrected chi connectivity index (χ2v) is 8.20. The van der Waals surface area contributed by atoms with E-state index in [9.17, 15) is 9.59 Å². The van der Waals surface area contributed by atoms with Gasteiger partial charge in [0.2, 0.25) is 0 Å². The van der Waals surface area contributed by atoms with Gasteiger partial charge in [-0.3, -0.25) is 4.79 Å². The molecule has 4 aromatic rings. The summed E-state index contributed by atoms with van der Waals surface area (Å²) in [6, 6.07) is 21.9. The van der Waals surface area contributed by atoms with Crippen LogP contribution in [-0.4, -0.2) is 18.1 Å². The summed E-state index contributed by atoms with van der Waals surface area (Å²) in [5.74, 6) is -0.796. The monoisotopic (exact) mass is 496 g/mol. The molecule has 0 heterocycles. The van der Waals surface area contributed by atoms with Gasteiger partial charge in [0.05, 0.1) is 16.8 Å². The first-order valence-electron chi connectivity index (χ1n) is 9.70. The van der Waals surface area contributed by atoms with E-state index in [1.165, 1.54) is 18.3 Å². The zero-order valence-electron chi connectivity index (χ0n) is 16.9. The largest absolute Gasteiger partial charge is 0.422 e. The van der Waals surface area contributed by atoms with Crippen molar-refractivity contribution in [2.24, 2.45) is 5.10 Å². The summed E-state index contributed by atoms with van der Waals surface area (Å²) in [5, 5.41) is 6.88. The smallest absolute Gasteiger partial charge is 0.345 e. The Bertz CT molecular complexity index is 1390. The topological polar surface area (TPSA) is 67.8 Å². The number of carbonyl (C=O) groups excluding carboxylic acids is 2. The van der Waals surface area contributed by atoms with E-state index in [0.29, 0.717) is 21.2 Å². The number of rotatable bonds is 5. The van der Waals surface area contributed by atoms with Gasteiger partial charge in [0.1, 0.15) is 5.75 Å². The Morgan fingerprint density at radius 1 is 0.848 bits per heavy atom. The molecule has 4 rings (SSSR count). The third kappa shape index (κ3) is 5.34. The van der Waals surface area contributed by atoms with Crippen LogP contribution < -0.4 is 10.2 Å². The Labute approximate surface area is 204 Å². The van der Waals surface area contributed by atoms with Crippen LogP contribution in [0.4, 0.5) is 0 Å². The lowest BCUT2D eigenvalue weighted by Gasteiger charge is -2.11. The molecule has 4 aromatic carbocycles. The Hall–Kier alpha value is -3.38. The van der Waals surface area contributed by atoms with Crippen LogP contribution in [0.5, 0.6) is 5.75 Å². The number of hydrogen-bond donors (Lipinski definition) is 1. The maximum atomic E-state index is 12.8. The number of benzene rings is 4. The highest BCUT2D eigenvalue weighted by Gasteiger charge is 2.16. The fraction of sp³-hybridized carbons (Fsp3) is 0. The molecule has 0 bridgehead atoms. The lowest BCUT2D eigenvalue weighted by atomic mass is 10.0. The lowest BCUT2D eigenvalue weighted by Crippen LogP contribution is -2.17. The van der Waals surface area contributed by atoms with E-state index in [0.717, 1.165) is 10.8 Å². The molecule has 0 radical (unpaired) electrons.